The van der Waals surface area contributed by atoms with E-state index in [2.05, 4.69) is 15.0 Å². The number of nitrogens with one attached hydrogen (secondary N) is 1. The molecule has 0 bridgehead atoms. The van der Waals surface area contributed by atoms with Crippen molar-refractivity contribution in [1.29, 1.82) is 0 Å². The number of rotatable bonds is 3. The molecule has 0 spiro atoms. The normalized spacial score (nSPS) is 11.2. The Morgan fingerprint density at radius 2 is 2.22 bits per heavy atom. The van der Waals surface area contributed by atoms with Gasteiger partial charge in [0.1, 0.15) is 16.5 Å². The first-order valence-electron chi connectivity index (χ1n) is 5.32. The number of carbonyl (C=O) groups is 1. The monoisotopic (exact) mass is 285 g/mol. The number of H-pyrrole nitrogens is 1. The molecular formula is C11H12ClN3O2S. The van der Waals surface area contributed by atoms with Crippen LogP contribution < -0.4 is 0 Å². The van der Waals surface area contributed by atoms with Gasteiger partial charge in [0.25, 0.3) is 0 Å². The molecule has 18 heavy (non-hydrogen) atoms. The van der Waals surface area contributed by atoms with Gasteiger partial charge in [-0.15, -0.1) is 0 Å². The van der Waals surface area contributed by atoms with Crippen LogP contribution in [0.5, 0.6) is 0 Å². The van der Waals surface area contributed by atoms with Crippen molar-refractivity contribution in [3.8, 4) is 0 Å². The largest absolute Gasteiger partial charge is 0.458 e. The van der Waals surface area contributed by atoms with Crippen LogP contribution in [0, 0.1) is 0 Å². The molecule has 0 fully saturated rings. The summed E-state index contributed by atoms with van der Waals surface area (Å²) in [6, 6.07) is 1.60. The van der Waals surface area contributed by atoms with E-state index in [9.17, 15) is 4.79 Å². The van der Waals surface area contributed by atoms with Gasteiger partial charge in [-0.05, 0) is 26.2 Å². The lowest BCUT2D eigenvalue weighted by molar-refractivity contribution is 0.0372. The van der Waals surface area contributed by atoms with E-state index in [-0.39, 0.29) is 6.10 Å². The molecule has 0 radical (unpaired) electrons. The molecule has 5 nitrogen and oxygen atoms in total. The van der Waals surface area contributed by atoms with Crippen LogP contribution in [0.25, 0.3) is 11.0 Å². The van der Waals surface area contributed by atoms with E-state index in [1.54, 1.807) is 19.9 Å². The van der Waals surface area contributed by atoms with Gasteiger partial charge >= 0.3 is 5.97 Å². The predicted molar refractivity (Wildman–Crippen MR) is 71.2 cm³/mol. The van der Waals surface area contributed by atoms with E-state index in [0.717, 1.165) is 0 Å². The summed E-state index contributed by atoms with van der Waals surface area (Å²) in [6.45, 7) is 3.58. The number of nitrogens with zero attached hydrogens (tertiary/aromatic N) is 2. The Labute approximate surface area is 113 Å². The van der Waals surface area contributed by atoms with Crippen LogP contribution in [0.15, 0.2) is 11.2 Å². The predicted octanol–water partition coefficient (Wildman–Crippen LogP) is 2.90. The lowest BCUT2D eigenvalue weighted by Gasteiger charge is -2.05. The number of thioether (sulfide) groups is 1. The summed E-state index contributed by atoms with van der Waals surface area (Å²) in [4.78, 5) is 23.0. The Hall–Kier alpha value is -1.27. The summed E-state index contributed by atoms with van der Waals surface area (Å²) < 4.78 is 5.10. The molecule has 2 heterocycles. The van der Waals surface area contributed by atoms with E-state index in [0.29, 0.717) is 27.0 Å². The van der Waals surface area contributed by atoms with Crippen molar-refractivity contribution in [2.45, 2.75) is 25.1 Å². The summed E-state index contributed by atoms with van der Waals surface area (Å²) in [6.07, 6.45) is 1.68. The van der Waals surface area contributed by atoms with Crippen molar-refractivity contribution in [1.82, 2.24) is 15.0 Å². The number of esters is 1. The fourth-order valence-corrected chi connectivity index (χ4v) is 2.07. The van der Waals surface area contributed by atoms with Gasteiger partial charge in [0, 0.05) is 0 Å². The standard InChI is InChI=1S/C11H12ClN3O2S/c1-5(2)17-10(16)7-4-6-8(12)14-11(18-3)15-9(6)13-7/h4-5H,1-3H3,(H,13,14,15). The van der Waals surface area contributed by atoms with Crippen molar-refractivity contribution in [2.24, 2.45) is 0 Å². The average molecular weight is 286 g/mol. The maximum absolute atomic E-state index is 11.7. The molecule has 2 aromatic rings. The van der Waals surface area contributed by atoms with Crippen LogP contribution in [-0.2, 0) is 4.74 Å². The van der Waals surface area contributed by atoms with E-state index in [4.69, 9.17) is 16.3 Å². The molecule has 0 aliphatic carbocycles. The van der Waals surface area contributed by atoms with E-state index >= 15 is 0 Å². The first kappa shape index (κ1) is 13.2. The lowest BCUT2D eigenvalue weighted by atomic mass is 10.3. The lowest BCUT2D eigenvalue weighted by Crippen LogP contribution is -2.11. The first-order valence-corrected chi connectivity index (χ1v) is 6.92. The topological polar surface area (TPSA) is 67.9 Å². The van der Waals surface area contributed by atoms with Crippen LogP contribution in [0.4, 0.5) is 0 Å². The quantitative estimate of drug-likeness (QED) is 0.406. The third kappa shape index (κ3) is 2.59. The number of carbonyl (C=O) groups excluding carboxylic acids is 1. The average Bonchev–Trinajstić information content (AvgIpc) is 2.72. The van der Waals surface area contributed by atoms with Crippen LogP contribution in [-0.4, -0.2) is 33.3 Å². The molecular weight excluding hydrogens is 274 g/mol. The van der Waals surface area contributed by atoms with Gasteiger partial charge in [-0.3, -0.25) is 0 Å². The van der Waals surface area contributed by atoms with Crippen molar-refractivity contribution in [3.05, 3.63) is 16.9 Å². The number of fused-ring (bicyclic) bond motifs is 1. The molecule has 96 valence electrons. The zero-order valence-corrected chi connectivity index (χ0v) is 11.7. The van der Waals surface area contributed by atoms with Gasteiger partial charge in [0.2, 0.25) is 0 Å². The molecule has 1 N–H and O–H groups in total. The fraction of sp³-hybridized carbons (Fsp3) is 0.364. The van der Waals surface area contributed by atoms with Gasteiger partial charge in [-0.1, -0.05) is 23.4 Å². The molecule has 0 amide bonds. The number of aromatic amines is 1. The smallest absolute Gasteiger partial charge is 0.355 e. The minimum Gasteiger partial charge on any atom is -0.458 e. The Bertz CT molecular complexity index is 597. The van der Waals surface area contributed by atoms with Crippen LogP contribution in [0.3, 0.4) is 0 Å². The van der Waals surface area contributed by atoms with Gasteiger partial charge in [0.05, 0.1) is 11.5 Å². The highest BCUT2D eigenvalue weighted by Crippen LogP contribution is 2.24. The van der Waals surface area contributed by atoms with Crippen LogP contribution in [0.1, 0.15) is 24.3 Å². The van der Waals surface area contributed by atoms with Crippen LogP contribution in [0.2, 0.25) is 5.15 Å². The van der Waals surface area contributed by atoms with Crippen molar-refractivity contribution < 1.29 is 9.53 Å². The molecule has 0 atom stereocenters. The highest BCUT2D eigenvalue weighted by molar-refractivity contribution is 7.98. The van der Waals surface area contributed by atoms with Gasteiger partial charge in [-0.25, -0.2) is 14.8 Å². The number of halogens is 1. The van der Waals surface area contributed by atoms with Crippen molar-refractivity contribution >= 4 is 40.4 Å². The van der Waals surface area contributed by atoms with Crippen molar-refractivity contribution in [3.63, 3.8) is 0 Å². The maximum atomic E-state index is 11.7. The third-order valence-electron chi connectivity index (χ3n) is 2.17. The van der Waals surface area contributed by atoms with E-state index in [1.807, 2.05) is 6.26 Å². The SMILES string of the molecule is CSc1nc(Cl)c2cc(C(=O)OC(C)C)[nH]c2n1. The molecule has 0 aliphatic rings. The van der Waals surface area contributed by atoms with Gasteiger partial charge < -0.3 is 9.72 Å². The summed E-state index contributed by atoms with van der Waals surface area (Å²) in [5.41, 5.74) is 0.864. The van der Waals surface area contributed by atoms with E-state index in [1.165, 1.54) is 11.8 Å². The van der Waals surface area contributed by atoms with E-state index < -0.39 is 5.97 Å². The Balaban J connectivity index is 2.44. The Kier molecular flexibility index (Phi) is 3.77. The maximum Gasteiger partial charge on any atom is 0.355 e. The second-order valence-corrected chi connectivity index (χ2v) is 5.03. The van der Waals surface area contributed by atoms with Gasteiger partial charge in [0.15, 0.2) is 5.16 Å². The number of ether oxygens (including phenoxy) is 1. The molecule has 2 rings (SSSR count). The minimum absolute atomic E-state index is 0.174. The summed E-state index contributed by atoms with van der Waals surface area (Å²) in [5, 5.41) is 1.49. The van der Waals surface area contributed by atoms with Gasteiger partial charge in [-0.2, -0.15) is 0 Å². The highest BCUT2D eigenvalue weighted by Gasteiger charge is 2.15. The molecule has 0 saturated carbocycles. The second-order valence-electron chi connectivity index (χ2n) is 3.90. The molecule has 0 aliphatic heterocycles. The molecule has 7 heteroatoms. The summed E-state index contributed by atoms with van der Waals surface area (Å²) in [5.74, 6) is -0.426. The molecule has 0 unspecified atom stereocenters. The van der Waals surface area contributed by atoms with Crippen LogP contribution >= 0.6 is 23.4 Å². The first-order chi connectivity index (χ1) is 8.51. The van der Waals surface area contributed by atoms with Crippen molar-refractivity contribution in [2.75, 3.05) is 6.26 Å². The summed E-state index contributed by atoms with van der Waals surface area (Å²) >= 11 is 7.41. The zero-order chi connectivity index (χ0) is 13.3. The molecule has 2 aromatic heterocycles. The number of hydrogen-bond acceptors (Lipinski definition) is 5. The number of aromatic nitrogens is 3. The Morgan fingerprint density at radius 1 is 1.50 bits per heavy atom. The fourth-order valence-electron chi connectivity index (χ4n) is 1.43. The highest BCUT2D eigenvalue weighted by atomic mass is 35.5. The zero-order valence-electron chi connectivity index (χ0n) is 10.2. The second kappa shape index (κ2) is 5.16. The molecule has 0 aromatic carbocycles. The third-order valence-corrected chi connectivity index (χ3v) is 3.00. The Morgan fingerprint density at radius 3 is 2.83 bits per heavy atom. The number of hydrogen-bond donors (Lipinski definition) is 1. The summed E-state index contributed by atoms with van der Waals surface area (Å²) in [7, 11) is 0. The minimum atomic E-state index is -0.426. The molecule has 0 saturated heterocycles.